The Morgan fingerprint density at radius 3 is 2.52 bits per heavy atom. The molecule has 0 amide bonds. The van der Waals surface area contributed by atoms with Crippen molar-refractivity contribution < 1.29 is 0 Å². The maximum Gasteiger partial charge on any atom is 0.0949 e. The first-order valence-corrected chi connectivity index (χ1v) is 7.40. The van der Waals surface area contributed by atoms with Crippen LogP contribution < -0.4 is 0 Å². The molecule has 4 rings (SSSR count). The minimum atomic E-state index is 0.820. The van der Waals surface area contributed by atoms with Crippen LogP contribution in [-0.4, -0.2) is 24.3 Å². The zero-order valence-electron chi connectivity index (χ0n) is 12.4. The SMILES string of the molecule is c1cncc(-c2ccn(-c3ccc(Cn4ccnc4)cc3)n2)c1. The second kappa shape index (κ2) is 5.88. The van der Waals surface area contributed by atoms with Crippen molar-refractivity contribution in [1.82, 2.24) is 24.3 Å². The number of hydrogen-bond donors (Lipinski definition) is 0. The molecule has 5 nitrogen and oxygen atoms in total. The lowest BCUT2D eigenvalue weighted by molar-refractivity contribution is 0.795. The topological polar surface area (TPSA) is 48.5 Å². The van der Waals surface area contributed by atoms with E-state index in [-0.39, 0.29) is 0 Å². The highest BCUT2D eigenvalue weighted by molar-refractivity contribution is 5.57. The number of pyridine rings is 1. The molecule has 3 heterocycles. The molecule has 0 aliphatic carbocycles. The van der Waals surface area contributed by atoms with Gasteiger partial charge in [-0.1, -0.05) is 12.1 Å². The van der Waals surface area contributed by atoms with Gasteiger partial charge in [-0.2, -0.15) is 5.10 Å². The Hall–Kier alpha value is -3.21. The summed E-state index contributed by atoms with van der Waals surface area (Å²) in [5.74, 6) is 0. The minimum absolute atomic E-state index is 0.820. The van der Waals surface area contributed by atoms with Crippen LogP contribution in [-0.2, 0) is 6.54 Å². The van der Waals surface area contributed by atoms with Gasteiger partial charge in [0.2, 0.25) is 0 Å². The lowest BCUT2D eigenvalue weighted by Gasteiger charge is -2.05. The predicted octanol–water partition coefficient (Wildman–Crippen LogP) is 3.18. The highest BCUT2D eigenvalue weighted by atomic mass is 15.3. The van der Waals surface area contributed by atoms with E-state index in [1.165, 1.54) is 5.56 Å². The summed E-state index contributed by atoms with van der Waals surface area (Å²) in [7, 11) is 0. The lowest BCUT2D eigenvalue weighted by Crippen LogP contribution is -1.98. The second-order valence-corrected chi connectivity index (χ2v) is 5.29. The van der Waals surface area contributed by atoms with Crippen molar-refractivity contribution in [3.63, 3.8) is 0 Å². The molecule has 0 saturated heterocycles. The molecule has 112 valence electrons. The molecule has 0 saturated carbocycles. The van der Waals surface area contributed by atoms with E-state index in [9.17, 15) is 0 Å². The Kier molecular flexibility index (Phi) is 3.44. The van der Waals surface area contributed by atoms with Gasteiger partial charge in [-0.15, -0.1) is 0 Å². The number of aromatic nitrogens is 5. The number of rotatable bonds is 4. The second-order valence-electron chi connectivity index (χ2n) is 5.29. The predicted molar refractivity (Wildman–Crippen MR) is 88.1 cm³/mol. The summed E-state index contributed by atoms with van der Waals surface area (Å²) < 4.78 is 3.92. The Balaban J connectivity index is 1.55. The van der Waals surface area contributed by atoms with Gasteiger partial charge in [0.15, 0.2) is 0 Å². The van der Waals surface area contributed by atoms with E-state index < -0.39 is 0 Å². The van der Waals surface area contributed by atoms with Crippen LogP contribution in [0.1, 0.15) is 5.56 Å². The molecule has 0 fully saturated rings. The van der Waals surface area contributed by atoms with Gasteiger partial charge in [-0.05, 0) is 35.9 Å². The molecule has 23 heavy (non-hydrogen) atoms. The summed E-state index contributed by atoms with van der Waals surface area (Å²) in [6, 6.07) is 14.3. The molecular formula is C18H15N5. The summed E-state index contributed by atoms with van der Waals surface area (Å²) >= 11 is 0. The highest BCUT2D eigenvalue weighted by Crippen LogP contribution is 2.17. The Morgan fingerprint density at radius 1 is 0.870 bits per heavy atom. The van der Waals surface area contributed by atoms with E-state index in [1.54, 1.807) is 12.4 Å². The molecule has 0 aliphatic rings. The van der Waals surface area contributed by atoms with Gasteiger partial charge in [0, 0.05) is 43.1 Å². The van der Waals surface area contributed by atoms with Gasteiger partial charge in [-0.3, -0.25) is 4.98 Å². The van der Waals surface area contributed by atoms with Crippen LogP contribution in [0.3, 0.4) is 0 Å². The fourth-order valence-corrected chi connectivity index (χ4v) is 2.48. The van der Waals surface area contributed by atoms with Crippen LogP contribution in [0.15, 0.2) is 79.8 Å². The number of hydrogen-bond acceptors (Lipinski definition) is 3. The fraction of sp³-hybridized carbons (Fsp3) is 0.0556. The monoisotopic (exact) mass is 301 g/mol. The summed E-state index contributed by atoms with van der Waals surface area (Å²) in [6.45, 7) is 0.820. The quantitative estimate of drug-likeness (QED) is 0.581. The minimum Gasteiger partial charge on any atom is -0.333 e. The van der Waals surface area contributed by atoms with E-state index >= 15 is 0 Å². The first-order valence-electron chi connectivity index (χ1n) is 7.40. The van der Waals surface area contributed by atoms with Gasteiger partial charge in [0.05, 0.1) is 17.7 Å². The van der Waals surface area contributed by atoms with Crippen molar-refractivity contribution in [3.05, 3.63) is 85.3 Å². The highest BCUT2D eigenvalue weighted by Gasteiger charge is 2.04. The van der Waals surface area contributed by atoms with Crippen molar-refractivity contribution in [2.24, 2.45) is 0 Å². The summed E-state index contributed by atoms with van der Waals surface area (Å²) in [4.78, 5) is 8.19. The van der Waals surface area contributed by atoms with Crippen LogP contribution in [0.25, 0.3) is 16.9 Å². The zero-order chi connectivity index (χ0) is 15.5. The molecule has 0 bridgehead atoms. The molecule has 1 aromatic carbocycles. The molecule has 0 spiro atoms. The largest absolute Gasteiger partial charge is 0.333 e. The van der Waals surface area contributed by atoms with Gasteiger partial charge in [-0.25, -0.2) is 9.67 Å². The maximum absolute atomic E-state index is 4.62. The van der Waals surface area contributed by atoms with Gasteiger partial charge >= 0.3 is 0 Å². The Morgan fingerprint density at radius 2 is 1.78 bits per heavy atom. The van der Waals surface area contributed by atoms with Crippen LogP contribution in [0.2, 0.25) is 0 Å². The normalized spacial score (nSPS) is 10.8. The Labute approximate surface area is 133 Å². The Bertz CT molecular complexity index is 877. The first kappa shape index (κ1) is 13.5. The van der Waals surface area contributed by atoms with Crippen LogP contribution in [0, 0.1) is 0 Å². The van der Waals surface area contributed by atoms with Crippen LogP contribution in [0.4, 0.5) is 0 Å². The lowest BCUT2D eigenvalue weighted by atomic mass is 10.2. The van der Waals surface area contributed by atoms with E-state index in [4.69, 9.17) is 0 Å². The molecule has 0 aliphatic heterocycles. The van der Waals surface area contributed by atoms with Crippen molar-refractivity contribution >= 4 is 0 Å². The molecule has 0 atom stereocenters. The van der Waals surface area contributed by atoms with Gasteiger partial charge in [0.1, 0.15) is 0 Å². The molecule has 4 aromatic rings. The van der Waals surface area contributed by atoms with Crippen molar-refractivity contribution in [2.45, 2.75) is 6.54 Å². The van der Waals surface area contributed by atoms with Crippen molar-refractivity contribution in [3.8, 4) is 16.9 Å². The molecule has 0 radical (unpaired) electrons. The number of nitrogens with zero attached hydrogens (tertiary/aromatic N) is 5. The van der Waals surface area contributed by atoms with E-state index in [0.29, 0.717) is 0 Å². The third-order valence-electron chi connectivity index (χ3n) is 3.67. The summed E-state index contributed by atoms with van der Waals surface area (Å²) in [5, 5.41) is 4.62. The third kappa shape index (κ3) is 2.89. The first-order chi connectivity index (χ1) is 11.4. The smallest absolute Gasteiger partial charge is 0.0949 e. The average molecular weight is 301 g/mol. The summed E-state index contributed by atoms with van der Waals surface area (Å²) in [5.41, 5.74) is 4.20. The number of benzene rings is 1. The van der Waals surface area contributed by atoms with E-state index in [1.807, 2.05) is 52.4 Å². The van der Waals surface area contributed by atoms with Gasteiger partial charge in [0.25, 0.3) is 0 Å². The standard InChI is InChI=1S/C18H15N5/c1-2-16(12-19-8-1)18-7-10-23(21-18)17-5-3-15(4-6-17)13-22-11-9-20-14-22/h1-12,14H,13H2. The molecule has 5 heteroatoms. The van der Waals surface area contributed by atoms with E-state index in [0.717, 1.165) is 23.5 Å². The van der Waals surface area contributed by atoms with Crippen molar-refractivity contribution in [2.75, 3.05) is 0 Å². The molecule has 0 N–H and O–H groups in total. The fourth-order valence-electron chi connectivity index (χ4n) is 2.48. The maximum atomic E-state index is 4.62. The number of imidazole rings is 1. The van der Waals surface area contributed by atoms with Crippen LogP contribution >= 0.6 is 0 Å². The summed E-state index contributed by atoms with van der Waals surface area (Å²) in [6.07, 6.45) is 11.1. The average Bonchev–Trinajstić information content (AvgIpc) is 3.28. The molecule has 0 unspecified atom stereocenters. The van der Waals surface area contributed by atoms with Crippen LogP contribution in [0.5, 0.6) is 0 Å². The van der Waals surface area contributed by atoms with E-state index in [2.05, 4.69) is 39.3 Å². The third-order valence-corrected chi connectivity index (χ3v) is 3.67. The zero-order valence-corrected chi connectivity index (χ0v) is 12.4. The molecular weight excluding hydrogens is 286 g/mol. The van der Waals surface area contributed by atoms with Crippen molar-refractivity contribution in [1.29, 1.82) is 0 Å². The van der Waals surface area contributed by atoms with Gasteiger partial charge < -0.3 is 4.57 Å². The molecule has 3 aromatic heterocycles.